The number of benzene rings is 3. The van der Waals surface area contributed by atoms with Crippen LogP contribution in [-0.2, 0) is 4.79 Å². The van der Waals surface area contributed by atoms with Crippen molar-refractivity contribution in [2.24, 2.45) is 0 Å². The Morgan fingerprint density at radius 3 is 2.23 bits per heavy atom. The molecule has 8 nitrogen and oxygen atoms in total. The van der Waals surface area contributed by atoms with Gasteiger partial charge in [0.1, 0.15) is 6.04 Å². The van der Waals surface area contributed by atoms with Crippen LogP contribution in [0.4, 0.5) is 0 Å². The van der Waals surface area contributed by atoms with Crippen LogP contribution in [0.3, 0.4) is 0 Å². The summed E-state index contributed by atoms with van der Waals surface area (Å²) in [4.78, 5) is 49.7. The highest BCUT2D eigenvalue weighted by Gasteiger charge is 2.26. The second kappa shape index (κ2) is 12.3. The van der Waals surface area contributed by atoms with Gasteiger partial charge in [-0.15, -0.1) is 0 Å². The lowest BCUT2D eigenvalue weighted by atomic mass is 9.99. The molecule has 0 bridgehead atoms. The molecule has 39 heavy (non-hydrogen) atoms. The van der Waals surface area contributed by atoms with Crippen molar-refractivity contribution >= 4 is 69.0 Å². The predicted octanol–water partition coefficient (Wildman–Crippen LogP) is 5.31. The SMILES string of the molecule is C[C@@H](NC(=O)c1cc(Cl)c(C(=O)N[C@@H](CNC(=O)c2ccsc2)C(=O)O)c(Cl)c1)c1cccc2ccccc12. The molecule has 0 fully saturated rings. The number of carboxylic acid groups (broad SMARTS) is 1. The molecule has 2 atom stereocenters. The molecule has 0 unspecified atom stereocenters. The molecule has 0 spiro atoms. The van der Waals surface area contributed by atoms with Gasteiger partial charge in [0.2, 0.25) is 0 Å². The zero-order valence-electron chi connectivity index (χ0n) is 20.5. The minimum Gasteiger partial charge on any atom is -0.480 e. The maximum absolute atomic E-state index is 13.0. The number of carbonyl (C=O) groups is 4. The molecule has 4 aromatic rings. The van der Waals surface area contributed by atoms with Gasteiger partial charge in [0, 0.05) is 23.1 Å². The molecule has 0 aliphatic carbocycles. The van der Waals surface area contributed by atoms with E-state index in [0.29, 0.717) is 5.56 Å². The Labute approximate surface area is 237 Å². The minimum absolute atomic E-state index is 0.130. The fourth-order valence-corrected chi connectivity index (χ4v) is 5.32. The topological polar surface area (TPSA) is 125 Å². The van der Waals surface area contributed by atoms with Gasteiger partial charge in [0.25, 0.3) is 17.7 Å². The third-order valence-electron chi connectivity index (χ3n) is 6.02. The predicted molar refractivity (Wildman–Crippen MR) is 152 cm³/mol. The van der Waals surface area contributed by atoms with Crippen LogP contribution in [0, 0.1) is 0 Å². The molecule has 4 rings (SSSR count). The molecule has 0 aliphatic rings. The first kappa shape index (κ1) is 28.1. The molecule has 0 aliphatic heterocycles. The summed E-state index contributed by atoms with van der Waals surface area (Å²) in [6.07, 6.45) is 0. The van der Waals surface area contributed by atoms with E-state index < -0.39 is 29.7 Å². The van der Waals surface area contributed by atoms with Gasteiger partial charge in [-0.3, -0.25) is 14.4 Å². The van der Waals surface area contributed by atoms with E-state index >= 15 is 0 Å². The number of nitrogens with one attached hydrogen (secondary N) is 3. The van der Waals surface area contributed by atoms with Crippen LogP contribution in [-0.4, -0.2) is 41.4 Å². The largest absolute Gasteiger partial charge is 0.480 e. The number of fused-ring (bicyclic) bond motifs is 1. The highest BCUT2D eigenvalue weighted by Crippen LogP contribution is 2.28. The van der Waals surface area contributed by atoms with E-state index in [-0.39, 0.29) is 33.8 Å². The monoisotopic (exact) mass is 583 g/mol. The Morgan fingerprint density at radius 2 is 1.56 bits per heavy atom. The zero-order chi connectivity index (χ0) is 28.1. The van der Waals surface area contributed by atoms with Gasteiger partial charge in [0.15, 0.2) is 0 Å². The molecule has 0 saturated carbocycles. The van der Waals surface area contributed by atoms with E-state index in [1.54, 1.807) is 16.8 Å². The number of carboxylic acids is 1. The van der Waals surface area contributed by atoms with Gasteiger partial charge in [-0.25, -0.2) is 4.79 Å². The molecular weight excluding hydrogens is 561 g/mol. The van der Waals surface area contributed by atoms with E-state index in [4.69, 9.17) is 23.2 Å². The van der Waals surface area contributed by atoms with E-state index in [1.165, 1.54) is 23.5 Å². The maximum Gasteiger partial charge on any atom is 0.328 e. The highest BCUT2D eigenvalue weighted by atomic mass is 35.5. The number of hydrogen-bond donors (Lipinski definition) is 4. The molecule has 3 amide bonds. The lowest BCUT2D eigenvalue weighted by Gasteiger charge is -2.18. The van der Waals surface area contributed by atoms with Crippen LogP contribution < -0.4 is 16.0 Å². The third-order valence-corrected chi connectivity index (χ3v) is 7.30. The van der Waals surface area contributed by atoms with Crippen molar-refractivity contribution in [1.82, 2.24) is 16.0 Å². The van der Waals surface area contributed by atoms with Gasteiger partial charge >= 0.3 is 5.97 Å². The Morgan fingerprint density at radius 1 is 0.872 bits per heavy atom. The fourth-order valence-electron chi connectivity index (χ4n) is 4.03. The minimum atomic E-state index is -1.45. The summed E-state index contributed by atoms with van der Waals surface area (Å²) in [5.74, 6) is -3.15. The van der Waals surface area contributed by atoms with Crippen molar-refractivity contribution in [3.8, 4) is 0 Å². The Hall–Kier alpha value is -3.92. The number of thiophene rings is 1. The summed E-state index contributed by atoms with van der Waals surface area (Å²) in [5, 5.41) is 22.4. The van der Waals surface area contributed by atoms with Gasteiger partial charge in [-0.1, -0.05) is 65.7 Å². The summed E-state index contributed by atoms with van der Waals surface area (Å²) in [6.45, 7) is 1.49. The van der Waals surface area contributed by atoms with Crippen LogP contribution in [0.2, 0.25) is 10.0 Å². The highest BCUT2D eigenvalue weighted by molar-refractivity contribution is 7.08. The molecule has 0 saturated heterocycles. The van der Waals surface area contributed by atoms with Crippen molar-refractivity contribution in [2.45, 2.75) is 19.0 Å². The molecule has 200 valence electrons. The summed E-state index contributed by atoms with van der Waals surface area (Å²) in [6, 6.07) is 16.1. The second-order valence-corrected chi connectivity index (χ2v) is 10.3. The molecular formula is C28H23Cl2N3O5S. The van der Waals surface area contributed by atoms with E-state index in [9.17, 15) is 24.3 Å². The van der Waals surface area contributed by atoms with Crippen molar-refractivity contribution in [2.75, 3.05) is 6.54 Å². The van der Waals surface area contributed by atoms with Crippen molar-refractivity contribution in [1.29, 1.82) is 0 Å². The summed E-state index contributed by atoms with van der Waals surface area (Å²) >= 11 is 14.0. The number of halogens is 2. The first-order valence-corrected chi connectivity index (χ1v) is 13.5. The first-order chi connectivity index (χ1) is 18.7. The van der Waals surface area contributed by atoms with E-state index in [1.807, 2.05) is 49.4 Å². The summed E-state index contributed by atoms with van der Waals surface area (Å²) in [5.41, 5.74) is 1.25. The fraction of sp³-hybridized carbons (Fsp3) is 0.143. The standard InChI is InChI=1S/C28H23Cl2N3O5S/c1-15(19-8-4-6-16-5-2-3-7-20(16)19)32-26(35)18-11-21(29)24(22(30)12-18)27(36)33-23(28(37)38)13-31-25(34)17-9-10-39-14-17/h2-12,14-15,23H,13H2,1H3,(H,31,34)(H,32,35)(H,33,36)(H,37,38)/t15-,23+/m1/s1. The van der Waals surface area contributed by atoms with Gasteiger partial charge in [-0.05, 0) is 46.8 Å². The van der Waals surface area contributed by atoms with Crippen LogP contribution in [0.15, 0.2) is 71.4 Å². The number of carbonyl (C=O) groups excluding carboxylic acids is 3. The van der Waals surface area contributed by atoms with Gasteiger partial charge in [0.05, 0.1) is 21.7 Å². The van der Waals surface area contributed by atoms with Gasteiger partial charge in [-0.2, -0.15) is 11.3 Å². The normalized spacial score (nSPS) is 12.4. The number of rotatable bonds is 9. The van der Waals surface area contributed by atoms with Crippen LogP contribution in [0.25, 0.3) is 10.8 Å². The molecule has 0 radical (unpaired) electrons. The number of hydrogen-bond acceptors (Lipinski definition) is 5. The first-order valence-electron chi connectivity index (χ1n) is 11.8. The number of aliphatic carboxylic acids is 1. The van der Waals surface area contributed by atoms with Gasteiger partial charge < -0.3 is 21.1 Å². The molecule has 1 heterocycles. The average molecular weight is 584 g/mol. The summed E-state index contributed by atoms with van der Waals surface area (Å²) in [7, 11) is 0. The lowest BCUT2D eigenvalue weighted by molar-refractivity contribution is -0.139. The Balaban J connectivity index is 1.46. The molecule has 4 N–H and O–H groups in total. The zero-order valence-corrected chi connectivity index (χ0v) is 22.9. The van der Waals surface area contributed by atoms with Crippen LogP contribution >= 0.6 is 34.5 Å². The lowest BCUT2D eigenvalue weighted by Crippen LogP contribution is -2.48. The van der Waals surface area contributed by atoms with Crippen molar-refractivity contribution in [3.05, 3.63) is 104 Å². The smallest absolute Gasteiger partial charge is 0.328 e. The van der Waals surface area contributed by atoms with Crippen LogP contribution in [0.5, 0.6) is 0 Å². The molecule has 11 heteroatoms. The number of amides is 3. The second-order valence-electron chi connectivity index (χ2n) is 8.66. The Kier molecular flexibility index (Phi) is 8.86. The Bertz CT molecular complexity index is 1530. The quantitative estimate of drug-likeness (QED) is 0.212. The summed E-state index contributed by atoms with van der Waals surface area (Å²) < 4.78 is 0. The molecule has 3 aromatic carbocycles. The van der Waals surface area contributed by atoms with Crippen LogP contribution in [0.1, 0.15) is 49.6 Å². The molecule has 1 aromatic heterocycles. The third kappa shape index (κ3) is 6.57. The van der Waals surface area contributed by atoms with Crippen molar-refractivity contribution in [3.63, 3.8) is 0 Å². The van der Waals surface area contributed by atoms with Crippen molar-refractivity contribution < 1.29 is 24.3 Å². The maximum atomic E-state index is 13.0. The average Bonchev–Trinajstić information content (AvgIpc) is 3.45. The van der Waals surface area contributed by atoms with E-state index in [2.05, 4.69) is 16.0 Å². The van der Waals surface area contributed by atoms with E-state index in [0.717, 1.165) is 16.3 Å².